The fourth-order valence-electron chi connectivity index (χ4n) is 3.15. The lowest BCUT2D eigenvalue weighted by molar-refractivity contribution is 0.0146. The topological polar surface area (TPSA) is 9.23 Å². The van der Waals surface area contributed by atoms with E-state index in [9.17, 15) is 0 Å². The Hall–Kier alpha value is -0.0400. The molecule has 3 atom stereocenters. The Balaban J connectivity index is 1.54. The first-order valence-corrected chi connectivity index (χ1v) is 6.51. The van der Waals surface area contributed by atoms with Crippen LogP contribution in [0.4, 0.5) is 0 Å². The van der Waals surface area contributed by atoms with Crippen molar-refractivity contribution in [2.24, 2.45) is 11.8 Å². The summed E-state index contributed by atoms with van der Waals surface area (Å²) in [6.07, 6.45) is 11.8. The molecule has 1 nitrogen and oxygen atoms in total. The summed E-state index contributed by atoms with van der Waals surface area (Å²) < 4.78 is 5.98. The van der Waals surface area contributed by atoms with Crippen LogP contribution >= 0.6 is 0 Å². The van der Waals surface area contributed by atoms with E-state index in [1.54, 1.807) is 0 Å². The molecule has 0 spiro atoms. The van der Waals surface area contributed by atoms with E-state index in [0.717, 1.165) is 18.4 Å². The van der Waals surface area contributed by atoms with Crippen molar-refractivity contribution in [2.75, 3.05) is 6.61 Å². The van der Waals surface area contributed by atoms with E-state index < -0.39 is 0 Å². The summed E-state index contributed by atoms with van der Waals surface area (Å²) >= 11 is 0. The Morgan fingerprint density at radius 1 is 1.07 bits per heavy atom. The fourth-order valence-corrected chi connectivity index (χ4v) is 3.15. The number of ether oxygens (including phenoxy) is 1. The zero-order valence-electron chi connectivity index (χ0n) is 9.50. The van der Waals surface area contributed by atoms with Crippen LogP contribution in [0.25, 0.3) is 0 Å². The highest BCUT2D eigenvalue weighted by Crippen LogP contribution is 2.45. The molecule has 0 aliphatic heterocycles. The Kier molecular flexibility index (Phi) is 3.86. The molecule has 82 valence electrons. The van der Waals surface area contributed by atoms with Gasteiger partial charge in [-0.25, -0.2) is 0 Å². The molecule has 0 N–H and O–H groups in total. The van der Waals surface area contributed by atoms with Crippen molar-refractivity contribution in [2.45, 2.75) is 64.4 Å². The molecule has 2 aliphatic rings. The largest absolute Gasteiger partial charge is 0.378 e. The van der Waals surface area contributed by atoms with Gasteiger partial charge in [-0.05, 0) is 43.9 Å². The van der Waals surface area contributed by atoms with E-state index in [2.05, 4.69) is 6.92 Å². The minimum absolute atomic E-state index is 0.648. The number of unbranched alkanes of at least 4 members (excludes halogenated alkanes) is 3. The maximum atomic E-state index is 5.98. The molecule has 3 unspecified atom stereocenters. The molecule has 1 heteroatoms. The molecule has 2 bridgehead atoms. The highest BCUT2D eigenvalue weighted by Gasteiger charge is 2.39. The normalized spacial score (nSPS) is 35.4. The molecule has 0 saturated heterocycles. The van der Waals surface area contributed by atoms with Crippen LogP contribution < -0.4 is 0 Å². The van der Waals surface area contributed by atoms with Gasteiger partial charge in [0.1, 0.15) is 0 Å². The minimum Gasteiger partial charge on any atom is -0.378 e. The maximum absolute atomic E-state index is 5.98. The van der Waals surface area contributed by atoms with Crippen LogP contribution in [0.15, 0.2) is 0 Å². The first kappa shape index (κ1) is 10.5. The van der Waals surface area contributed by atoms with Crippen molar-refractivity contribution < 1.29 is 4.74 Å². The molecular weight excluding hydrogens is 172 g/mol. The Labute approximate surface area is 88.2 Å². The van der Waals surface area contributed by atoms with E-state index in [1.165, 1.54) is 51.4 Å². The molecule has 2 aliphatic carbocycles. The lowest BCUT2D eigenvalue weighted by Crippen LogP contribution is -2.20. The summed E-state index contributed by atoms with van der Waals surface area (Å²) in [4.78, 5) is 0. The number of fused-ring (bicyclic) bond motifs is 2. The quantitative estimate of drug-likeness (QED) is 0.588. The molecule has 2 rings (SSSR count). The van der Waals surface area contributed by atoms with Gasteiger partial charge in [0.05, 0.1) is 6.10 Å². The van der Waals surface area contributed by atoms with E-state index in [0.29, 0.717) is 6.10 Å². The molecule has 0 aromatic carbocycles. The monoisotopic (exact) mass is 196 g/mol. The van der Waals surface area contributed by atoms with E-state index >= 15 is 0 Å². The molecule has 0 aromatic heterocycles. The second-order valence-corrected chi connectivity index (χ2v) is 5.14. The van der Waals surface area contributed by atoms with E-state index in [4.69, 9.17) is 4.74 Å². The molecule has 14 heavy (non-hydrogen) atoms. The van der Waals surface area contributed by atoms with E-state index in [1.807, 2.05) is 0 Å². The molecule has 0 amide bonds. The Morgan fingerprint density at radius 2 is 2.00 bits per heavy atom. The van der Waals surface area contributed by atoms with Crippen molar-refractivity contribution in [1.29, 1.82) is 0 Å². The molecule has 2 saturated carbocycles. The van der Waals surface area contributed by atoms with Gasteiger partial charge in [-0.15, -0.1) is 0 Å². The average Bonchev–Trinajstić information content (AvgIpc) is 2.79. The van der Waals surface area contributed by atoms with E-state index in [-0.39, 0.29) is 0 Å². The highest BCUT2D eigenvalue weighted by molar-refractivity contribution is 4.90. The van der Waals surface area contributed by atoms with Crippen molar-refractivity contribution in [1.82, 2.24) is 0 Å². The number of hydrogen-bond donors (Lipinski definition) is 0. The van der Waals surface area contributed by atoms with Crippen LogP contribution in [0.1, 0.15) is 58.3 Å². The molecule has 0 aromatic rings. The van der Waals surface area contributed by atoms with Crippen LogP contribution in [-0.4, -0.2) is 12.7 Å². The zero-order valence-corrected chi connectivity index (χ0v) is 9.50. The molecule has 0 heterocycles. The van der Waals surface area contributed by atoms with Crippen molar-refractivity contribution in [3.05, 3.63) is 0 Å². The van der Waals surface area contributed by atoms with Crippen LogP contribution in [-0.2, 0) is 4.74 Å². The fraction of sp³-hybridized carbons (Fsp3) is 1.00. The second kappa shape index (κ2) is 5.16. The van der Waals surface area contributed by atoms with Gasteiger partial charge in [0, 0.05) is 6.61 Å². The van der Waals surface area contributed by atoms with Crippen molar-refractivity contribution >= 4 is 0 Å². The summed E-state index contributed by atoms with van der Waals surface area (Å²) in [5.74, 6) is 1.96. The Bertz CT molecular complexity index is 167. The first-order valence-electron chi connectivity index (χ1n) is 6.51. The van der Waals surface area contributed by atoms with Gasteiger partial charge in [-0.1, -0.05) is 26.2 Å². The molecule has 0 radical (unpaired) electrons. The lowest BCUT2D eigenvalue weighted by atomic mass is 9.98. The van der Waals surface area contributed by atoms with Crippen LogP contribution in [0.5, 0.6) is 0 Å². The summed E-state index contributed by atoms with van der Waals surface area (Å²) in [5.41, 5.74) is 0. The predicted octanol–water partition coefficient (Wildman–Crippen LogP) is 3.77. The van der Waals surface area contributed by atoms with Crippen LogP contribution in [0.2, 0.25) is 0 Å². The lowest BCUT2D eigenvalue weighted by Gasteiger charge is -2.21. The Morgan fingerprint density at radius 3 is 2.64 bits per heavy atom. The summed E-state index contributed by atoms with van der Waals surface area (Å²) in [5, 5.41) is 0. The van der Waals surface area contributed by atoms with Gasteiger partial charge >= 0.3 is 0 Å². The van der Waals surface area contributed by atoms with Gasteiger partial charge in [0.15, 0.2) is 0 Å². The third kappa shape index (κ3) is 2.50. The second-order valence-electron chi connectivity index (χ2n) is 5.14. The minimum atomic E-state index is 0.648. The molecule has 2 fully saturated rings. The average molecular weight is 196 g/mol. The maximum Gasteiger partial charge on any atom is 0.0606 e. The van der Waals surface area contributed by atoms with Crippen molar-refractivity contribution in [3.63, 3.8) is 0 Å². The van der Waals surface area contributed by atoms with Gasteiger partial charge in [0.25, 0.3) is 0 Å². The summed E-state index contributed by atoms with van der Waals surface area (Å²) in [7, 11) is 0. The number of hydrogen-bond acceptors (Lipinski definition) is 1. The van der Waals surface area contributed by atoms with Gasteiger partial charge in [0.2, 0.25) is 0 Å². The van der Waals surface area contributed by atoms with Crippen LogP contribution in [0, 0.1) is 11.8 Å². The summed E-state index contributed by atoms with van der Waals surface area (Å²) in [6, 6.07) is 0. The van der Waals surface area contributed by atoms with Crippen LogP contribution in [0.3, 0.4) is 0 Å². The highest BCUT2D eigenvalue weighted by atomic mass is 16.5. The molecular formula is C13H24O. The number of rotatable bonds is 6. The summed E-state index contributed by atoms with van der Waals surface area (Å²) in [6.45, 7) is 3.28. The van der Waals surface area contributed by atoms with Gasteiger partial charge in [-0.2, -0.15) is 0 Å². The van der Waals surface area contributed by atoms with Crippen molar-refractivity contribution in [3.8, 4) is 0 Å². The SMILES string of the molecule is CCCCCCOC1CC2CCC1C2. The van der Waals surface area contributed by atoms with Gasteiger partial charge in [-0.3, -0.25) is 0 Å². The third-order valence-corrected chi connectivity index (χ3v) is 4.00. The third-order valence-electron chi connectivity index (χ3n) is 4.00. The first-order chi connectivity index (χ1) is 6.90. The zero-order chi connectivity index (χ0) is 9.80. The smallest absolute Gasteiger partial charge is 0.0606 e. The van der Waals surface area contributed by atoms with Gasteiger partial charge < -0.3 is 4.74 Å². The predicted molar refractivity (Wildman–Crippen MR) is 59.3 cm³/mol. The standard InChI is InChI=1S/C13H24O/c1-2-3-4-5-8-14-13-10-11-6-7-12(13)9-11/h11-13H,2-10H2,1H3.